The van der Waals surface area contributed by atoms with Crippen molar-refractivity contribution in [3.8, 4) is 6.07 Å². The average Bonchev–Trinajstić information content (AvgIpc) is 2.65. The summed E-state index contributed by atoms with van der Waals surface area (Å²) in [5, 5.41) is 17.3. The third-order valence-corrected chi connectivity index (χ3v) is 3.23. The van der Waals surface area contributed by atoms with E-state index < -0.39 is 0 Å². The molecule has 0 aliphatic rings. The van der Waals surface area contributed by atoms with Gasteiger partial charge in [-0.1, -0.05) is 0 Å². The van der Waals surface area contributed by atoms with Crippen LogP contribution in [-0.2, 0) is 0 Å². The van der Waals surface area contributed by atoms with E-state index in [1.165, 1.54) is 6.20 Å². The highest BCUT2D eigenvalue weighted by Crippen LogP contribution is 2.18. The first kappa shape index (κ1) is 16.0. The van der Waals surface area contributed by atoms with Gasteiger partial charge < -0.3 is 16.0 Å². The van der Waals surface area contributed by atoms with Crippen molar-refractivity contribution >= 4 is 28.9 Å². The lowest BCUT2D eigenvalue weighted by Crippen LogP contribution is -2.19. The van der Waals surface area contributed by atoms with Gasteiger partial charge in [-0.15, -0.1) is 0 Å². The van der Waals surface area contributed by atoms with E-state index in [4.69, 9.17) is 5.26 Å². The van der Waals surface area contributed by atoms with Crippen LogP contribution in [0.5, 0.6) is 0 Å². The van der Waals surface area contributed by atoms with E-state index in [1.54, 1.807) is 48.8 Å². The van der Waals surface area contributed by atoms with Crippen molar-refractivity contribution in [2.24, 2.45) is 0 Å². The average molecular weight is 330 g/mol. The Morgan fingerprint density at radius 3 is 2.32 bits per heavy atom. The molecule has 0 bridgehead atoms. The maximum Gasteiger partial charge on any atom is 0.323 e. The maximum absolute atomic E-state index is 11.9. The van der Waals surface area contributed by atoms with Crippen LogP contribution in [0, 0.1) is 11.3 Å². The number of anilines is 4. The van der Waals surface area contributed by atoms with Crippen molar-refractivity contribution < 1.29 is 4.79 Å². The van der Waals surface area contributed by atoms with Crippen molar-refractivity contribution in [3.63, 3.8) is 0 Å². The maximum atomic E-state index is 11.9. The van der Waals surface area contributed by atoms with Crippen molar-refractivity contribution in [3.05, 3.63) is 72.7 Å². The minimum absolute atomic E-state index is 0.345. The molecule has 7 heteroatoms. The fraction of sp³-hybridized carbons (Fsp3) is 0. The number of aromatic nitrogens is 2. The molecule has 0 saturated heterocycles. The Kier molecular flexibility index (Phi) is 4.83. The molecule has 2 amide bonds. The van der Waals surface area contributed by atoms with E-state index in [0.29, 0.717) is 22.8 Å². The number of pyridine rings is 2. The van der Waals surface area contributed by atoms with Gasteiger partial charge in [0.2, 0.25) is 0 Å². The zero-order valence-electron chi connectivity index (χ0n) is 13.1. The van der Waals surface area contributed by atoms with Crippen molar-refractivity contribution in [1.82, 2.24) is 9.97 Å². The van der Waals surface area contributed by atoms with Gasteiger partial charge in [0.1, 0.15) is 11.9 Å². The molecule has 0 saturated carbocycles. The van der Waals surface area contributed by atoms with Crippen molar-refractivity contribution in [1.29, 1.82) is 5.26 Å². The highest BCUT2D eigenvalue weighted by atomic mass is 16.2. The highest BCUT2D eigenvalue weighted by Gasteiger charge is 2.03. The Morgan fingerprint density at radius 2 is 1.68 bits per heavy atom. The molecule has 0 aliphatic carbocycles. The second-order valence-corrected chi connectivity index (χ2v) is 5.07. The normalized spacial score (nSPS) is 9.72. The van der Waals surface area contributed by atoms with Gasteiger partial charge in [0.05, 0.1) is 17.4 Å². The molecule has 0 atom stereocenters. The lowest BCUT2D eigenvalue weighted by molar-refractivity contribution is 0.262. The smallest absolute Gasteiger partial charge is 0.323 e. The van der Waals surface area contributed by atoms with Crippen LogP contribution in [-0.4, -0.2) is 16.0 Å². The fourth-order valence-corrected chi connectivity index (χ4v) is 2.05. The molecule has 7 nitrogen and oxygen atoms in total. The third-order valence-electron chi connectivity index (χ3n) is 3.23. The Bertz CT molecular complexity index is 886. The number of carbonyl (C=O) groups is 1. The van der Waals surface area contributed by atoms with Crippen LogP contribution in [0.3, 0.4) is 0 Å². The van der Waals surface area contributed by atoms with Crippen molar-refractivity contribution in [2.45, 2.75) is 0 Å². The van der Waals surface area contributed by atoms with Crippen LogP contribution in [0.2, 0.25) is 0 Å². The molecule has 2 aromatic heterocycles. The first-order chi connectivity index (χ1) is 12.2. The minimum Gasteiger partial charge on any atom is -0.340 e. The van der Waals surface area contributed by atoms with Gasteiger partial charge >= 0.3 is 6.03 Å². The van der Waals surface area contributed by atoms with Gasteiger partial charge in [-0.3, -0.25) is 4.98 Å². The van der Waals surface area contributed by atoms with Crippen LogP contribution in [0.15, 0.2) is 67.1 Å². The first-order valence-corrected chi connectivity index (χ1v) is 7.44. The van der Waals surface area contributed by atoms with E-state index >= 15 is 0 Å². The number of urea groups is 1. The summed E-state index contributed by atoms with van der Waals surface area (Å²) in [6.07, 6.45) is 4.70. The van der Waals surface area contributed by atoms with Crippen LogP contribution >= 0.6 is 0 Å². The molecular weight excluding hydrogens is 316 g/mol. The predicted molar refractivity (Wildman–Crippen MR) is 95.6 cm³/mol. The van der Waals surface area contributed by atoms with E-state index in [-0.39, 0.29) is 6.03 Å². The number of hydrogen-bond donors (Lipinski definition) is 3. The number of carbonyl (C=O) groups excluding carboxylic acids is 1. The zero-order chi connectivity index (χ0) is 17.5. The summed E-state index contributed by atoms with van der Waals surface area (Å²) in [4.78, 5) is 20.0. The van der Waals surface area contributed by atoms with E-state index in [2.05, 4.69) is 25.9 Å². The van der Waals surface area contributed by atoms with Crippen LogP contribution in [0.1, 0.15) is 5.56 Å². The second-order valence-electron chi connectivity index (χ2n) is 5.07. The quantitative estimate of drug-likeness (QED) is 0.676. The summed E-state index contributed by atoms with van der Waals surface area (Å²) in [5.74, 6) is 0.633. The van der Waals surface area contributed by atoms with Gasteiger partial charge in [-0.2, -0.15) is 5.26 Å². The third kappa shape index (κ3) is 4.53. The molecule has 0 unspecified atom stereocenters. The van der Waals surface area contributed by atoms with E-state index in [1.807, 2.05) is 18.2 Å². The van der Waals surface area contributed by atoms with Crippen LogP contribution in [0.25, 0.3) is 0 Å². The van der Waals surface area contributed by atoms with Gasteiger partial charge in [0, 0.05) is 23.8 Å². The second kappa shape index (κ2) is 7.57. The molecule has 0 spiro atoms. The highest BCUT2D eigenvalue weighted by molar-refractivity contribution is 5.99. The summed E-state index contributed by atoms with van der Waals surface area (Å²) in [6.45, 7) is 0. The standard InChI is InChI=1S/C18H14N6O/c19-10-13-3-8-17(21-11-13)22-14-4-6-15(7-5-14)23-18(25)24-16-2-1-9-20-12-16/h1-9,11-12H,(H,21,22)(H2,23,24,25). The lowest BCUT2D eigenvalue weighted by atomic mass is 10.2. The summed E-state index contributed by atoms with van der Waals surface area (Å²) in [7, 11) is 0. The molecule has 3 N–H and O–H groups in total. The summed E-state index contributed by atoms with van der Waals surface area (Å²) >= 11 is 0. The summed E-state index contributed by atoms with van der Waals surface area (Å²) < 4.78 is 0. The summed E-state index contributed by atoms with van der Waals surface area (Å²) in [5.41, 5.74) is 2.59. The Morgan fingerprint density at radius 1 is 0.920 bits per heavy atom. The summed E-state index contributed by atoms with van der Waals surface area (Å²) in [6, 6.07) is 15.8. The molecule has 3 aromatic rings. The van der Waals surface area contributed by atoms with Gasteiger partial charge in [-0.25, -0.2) is 9.78 Å². The van der Waals surface area contributed by atoms with Crippen molar-refractivity contribution in [2.75, 3.05) is 16.0 Å². The molecule has 0 aliphatic heterocycles. The molecule has 1 aromatic carbocycles. The van der Waals surface area contributed by atoms with Gasteiger partial charge in [0.25, 0.3) is 0 Å². The number of benzene rings is 1. The first-order valence-electron chi connectivity index (χ1n) is 7.44. The number of nitrogens with zero attached hydrogens (tertiary/aromatic N) is 3. The largest absolute Gasteiger partial charge is 0.340 e. The molecule has 122 valence electrons. The van der Waals surface area contributed by atoms with E-state index in [0.717, 1.165) is 5.69 Å². The zero-order valence-corrected chi connectivity index (χ0v) is 13.1. The SMILES string of the molecule is N#Cc1ccc(Nc2ccc(NC(=O)Nc3cccnc3)cc2)nc1. The lowest BCUT2D eigenvalue weighted by Gasteiger charge is -2.09. The fourth-order valence-electron chi connectivity index (χ4n) is 2.05. The van der Waals surface area contributed by atoms with Gasteiger partial charge in [0.15, 0.2) is 0 Å². The Hall–Kier alpha value is -3.92. The van der Waals surface area contributed by atoms with Crippen LogP contribution < -0.4 is 16.0 Å². The number of hydrogen-bond acceptors (Lipinski definition) is 5. The number of nitriles is 1. The van der Waals surface area contributed by atoms with Gasteiger partial charge in [-0.05, 0) is 48.5 Å². The Balaban J connectivity index is 1.58. The molecular formula is C18H14N6O. The van der Waals surface area contributed by atoms with Crippen LogP contribution in [0.4, 0.5) is 27.7 Å². The van der Waals surface area contributed by atoms with E-state index in [9.17, 15) is 4.79 Å². The number of nitrogens with one attached hydrogen (secondary N) is 3. The molecule has 2 heterocycles. The number of rotatable bonds is 4. The molecule has 25 heavy (non-hydrogen) atoms. The molecule has 0 radical (unpaired) electrons. The minimum atomic E-state index is -0.345. The molecule has 0 fully saturated rings. The topological polar surface area (TPSA) is 103 Å². The molecule has 3 rings (SSSR count). The number of amides is 2. The Labute approximate surface area is 144 Å². The monoisotopic (exact) mass is 330 g/mol. The predicted octanol–water partition coefficient (Wildman–Crippen LogP) is 3.74.